The van der Waals surface area contributed by atoms with Crippen molar-refractivity contribution in [3.63, 3.8) is 0 Å². The molecule has 0 fully saturated rings. The van der Waals surface area contributed by atoms with E-state index in [-0.39, 0.29) is 5.56 Å². The molecule has 0 heterocycles. The first kappa shape index (κ1) is 13.1. The van der Waals surface area contributed by atoms with Gasteiger partial charge in [0.1, 0.15) is 23.3 Å². The maximum atomic E-state index is 13.6. The van der Waals surface area contributed by atoms with Crippen molar-refractivity contribution in [2.75, 3.05) is 0 Å². The number of carbonyl (C=O) groups is 1. The molecule has 0 unspecified atom stereocenters. The Bertz CT molecular complexity index is 645. The Kier molecular flexibility index (Phi) is 3.25. The van der Waals surface area contributed by atoms with Crippen molar-refractivity contribution in [2.24, 2.45) is 0 Å². The van der Waals surface area contributed by atoms with Gasteiger partial charge in [-0.15, -0.1) is 0 Å². The fourth-order valence-electron chi connectivity index (χ4n) is 1.71. The second-order valence-corrected chi connectivity index (χ2v) is 3.74. The van der Waals surface area contributed by atoms with E-state index >= 15 is 0 Å². The quantitative estimate of drug-likeness (QED) is 0.846. The summed E-state index contributed by atoms with van der Waals surface area (Å²) in [7, 11) is 0. The molecule has 98 valence electrons. The predicted octanol–water partition coefficient (Wildman–Crippen LogP) is 3.61. The molecule has 6 heteroatoms. The number of carboxylic acids is 1. The molecular formula is C13H6F4O2. The molecule has 0 radical (unpaired) electrons. The highest BCUT2D eigenvalue weighted by Crippen LogP contribution is 2.30. The lowest BCUT2D eigenvalue weighted by atomic mass is 9.98. The van der Waals surface area contributed by atoms with Gasteiger partial charge in [-0.2, -0.15) is 0 Å². The fourth-order valence-corrected chi connectivity index (χ4v) is 1.71. The first-order chi connectivity index (χ1) is 8.90. The predicted molar refractivity (Wildman–Crippen MR) is 58.7 cm³/mol. The number of hydrogen-bond donors (Lipinski definition) is 1. The minimum atomic E-state index is -1.54. The fraction of sp³-hybridized carbons (Fsp3) is 0. The van der Waals surface area contributed by atoms with Crippen LogP contribution in [0.15, 0.2) is 30.3 Å². The number of carboxylic acid groups (broad SMARTS) is 1. The molecular weight excluding hydrogens is 264 g/mol. The van der Waals surface area contributed by atoms with Gasteiger partial charge in [-0.05, 0) is 12.1 Å². The van der Waals surface area contributed by atoms with Gasteiger partial charge in [0.15, 0.2) is 0 Å². The molecule has 0 aromatic heterocycles. The lowest BCUT2D eigenvalue weighted by Crippen LogP contribution is -2.03. The number of rotatable bonds is 2. The van der Waals surface area contributed by atoms with Crippen molar-refractivity contribution >= 4 is 5.97 Å². The zero-order valence-electron chi connectivity index (χ0n) is 9.25. The Balaban J connectivity index is 2.76. The molecule has 0 aliphatic carbocycles. The van der Waals surface area contributed by atoms with Gasteiger partial charge in [0, 0.05) is 17.7 Å². The summed E-state index contributed by atoms with van der Waals surface area (Å²) in [5.74, 6) is -6.04. The standard InChI is InChI=1S/C13H6F4O2/c14-6-1-2-8(9(3-6)13(18)19)12-10(16)4-7(15)5-11(12)17/h1-5H,(H,18,19). The van der Waals surface area contributed by atoms with E-state index in [1.54, 1.807) is 0 Å². The first-order valence-corrected chi connectivity index (χ1v) is 5.08. The summed E-state index contributed by atoms with van der Waals surface area (Å²) in [6.45, 7) is 0. The lowest BCUT2D eigenvalue weighted by Gasteiger charge is -2.09. The van der Waals surface area contributed by atoms with Gasteiger partial charge >= 0.3 is 5.97 Å². The number of hydrogen-bond acceptors (Lipinski definition) is 1. The van der Waals surface area contributed by atoms with Crippen LogP contribution in [0.1, 0.15) is 10.4 Å². The second-order valence-electron chi connectivity index (χ2n) is 3.74. The van der Waals surface area contributed by atoms with Gasteiger partial charge in [0.25, 0.3) is 0 Å². The van der Waals surface area contributed by atoms with Gasteiger partial charge < -0.3 is 5.11 Å². The molecule has 2 rings (SSSR count). The largest absolute Gasteiger partial charge is 0.478 e. The summed E-state index contributed by atoms with van der Waals surface area (Å²) in [5, 5.41) is 8.90. The Morgan fingerprint density at radius 3 is 2.00 bits per heavy atom. The molecule has 19 heavy (non-hydrogen) atoms. The maximum Gasteiger partial charge on any atom is 0.336 e. The third-order valence-electron chi connectivity index (χ3n) is 2.49. The summed E-state index contributed by atoms with van der Waals surface area (Å²) >= 11 is 0. The van der Waals surface area contributed by atoms with Crippen molar-refractivity contribution in [1.82, 2.24) is 0 Å². The van der Waals surface area contributed by atoms with E-state index in [9.17, 15) is 22.4 Å². The topological polar surface area (TPSA) is 37.3 Å². The summed E-state index contributed by atoms with van der Waals surface area (Å²) in [6, 6.07) is 3.28. The number of halogens is 4. The van der Waals surface area contributed by atoms with E-state index in [4.69, 9.17) is 5.11 Å². The zero-order valence-corrected chi connectivity index (χ0v) is 9.25. The lowest BCUT2D eigenvalue weighted by molar-refractivity contribution is 0.0697. The smallest absolute Gasteiger partial charge is 0.336 e. The van der Waals surface area contributed by atoms with Gasteiger partial charge in [0.2, 0.25) is 0 Å². The van der Waals surface area contributed by atoms with Crippen molar-refractivity contribution in [3.05, 3.63) is 59.2 Å². The highest BCUT2D eigenvalue weighted by molar-refractivity contribution is 5.96. The van der Waals surface area contributed by atoms with E-state index in [2.05, 4.69) is 0 Å². The molecule has 0 saturated heterocycles. The Morgan fingerprint density at radius 2 is 1.47 bits per heavy atom. The van der Waals surface area contributed by atoms with Crippen molar-refractivity contribution in [1.29, 1.82) is 0 Å². The Labute approximate surface area is 104 Å². The number of benzene rings is 2. The van der Waals surface area contributed by atoms with Crippen LogP contribution in [0.25, 0.3) is 11.1 Å². The molecule has 2 aromatic carbocycles. The highest BCUT2D eigenvalue weighted by atomic mass is 19.1. The molecule has 0 atom stereocenters. The minimum absolute atomic E-state index is 0.357. The van der Waals surface area contributed by atoms with Crippen LogP contribution >= 0.6 is 0 Å². The van der Waals surface area contributed by atoms with Gasteiger partial charge in [0.05, 0.1) is 11.1 Å². The van der Waals surface area contributed by atoms with Crippen LogP contribution in [0.5, 0.6) is 0 Å². The SMILES string of the molecule is O=C(O)c1cc(F)ccc1-c1c(F)cc(F)cc1F. The summed E-state index contributed by atoms with van der Waals surface area (Å²) in [6.07, 6.45) is 0. The molecule has 0 spiro atoms. The van der Waals surface area contributed by atoms with E-state index in [0.717, 1.165) is 12.1 Å². The molecule has 0 aliphatic rings. The molecule has 0 amide bonds. The van der Waals surface area contributed by atoms with Crippen LogP contribution in [0.2, 0.25) is 0 Å². The highest BCUT2D eigenvalue weighted by Gasteiger charge is 2.20. The monoisotopic (exact) mass is 270 g/mol. The minimum Gasteiger partial charge on any atom is -0.478 e. The molecule has 2 aromatic rings. The average Bonchev–Trinajstić information content (AvgIpc) is 2.29. The normalized spacial score (nSPS) is 10.5. The van der Waals surface area contributed by atoms with Crippen LogP contribution in [0, 0.1) is 23.3 Å². The van der Waals surface area contributed by atoms with Gasteiger partial charge in [-0.1, -0.05) is 6.07 Å². The summed E-state index contributed by atoms with van der Waals surface area (Å²) in [5.41, 5.74) is -1.67. The van der Waals surface area contributed by atoms with Crippen LogP contribution in [0.4, 0.5) is 17.6 Å². The molecule has 1 N–H and O–H groups in total. The van der Waals surface area contributed by atoms with Gasteiger partial charge in [-0.25, -0.2) is 22.4 Å². The van der Waals surface area contributed by atoms with Crippen molar-refractivity contribution < 1.29 is 27.5 Å². The Morgan fingerprint density at radius 1 is 0.895 bits per heavy atom. The van der Waals surface area contributed by atoms with E-state index < -0.39 is 40.4 Å². The molecule has 2 nitrogen and oxygen atoms in total. The zero-order chi connectivity index (χ0) is 14.2. The third-order valence-corrected chi connectivity index (χ3v) is 2.49. The summed E-state index contributed by atoms with van der Waals surface area (Å²) < 4.78 is 52.9. The van der Waals surface area contributed by atoms with E-state index in [1.165, 1.54) is 0 Å². The van der Waals surface area contributed by atoms with Crippen molar-refractivity contribution in [3.8, 4) is 11.1 Å². The molecule has 0 saturated carbocycles. The molecule has 0 bridgehead atoms. The molecule has 0 aliphatic heterocycles. The van der Waals surface area contributed by atoms with Gasteiger partial charge in [-0.3, -0.25) is 0 Å². The van der Waals surface area contributed by atoms with E-state index in [0.29, 0.717) is 18.2 Å². The van der Waals surface area contributed by atoms with E-state index in [1.807, 2.05) is 0 Å². The van der Waals surface area contributed by atoms with Crippen LogP contribution in [-0.2, 0) is 0 Å². The second kappa shape index (κ2) is 4.72. The van der Waals surface area contributed by atoms with Crippen molar-refractivity contribution in [2.45, 2.75) is 0 Å². The van der Waals surface area contributed by atoms with Crippen LogP contribution in [0.3, 0.4) is 0 Å². The Hall–Kier alpha value is -2.37. The van der Waals surface area contributed by atoms with Crippen LogP contribution in [-0.4, -0.2) is 11.1 Å². The average molecular weight is 270 g/mol. The first-order valence-electron chi connectivity index (χ1n) is 5.08. The number of aromatic carboxylic acids is 1. The maximum absolute atomic E-state index is 13.6. The van der Waals surface area contributed by atoms with Crippen LogP contribution < -0.4 is 0 Å². The summed E-state index contributed by atoms with van der Waals surface area (Å²) in [4.78, 5) is 11.0. The third kappa shape index (κ3) is 2.42.